The van der Waals surface area contributed by atoms with Crippen molar-refractivity contribution in [3.05, 3.63) is 167 Å². The zero-order chi connectivity index (χ0) is 41.5. The van der Waals surface area contributed by atoms with Gasteiger partial charge in [0, 0.05) is 16.8 Å². The van der Waals surface area contributed by atoms with Crippen LogP contribution in [-0.4, -0.2) is 52.0 Å². The Bertz CT molecular complexity index is 2730. The average molecular weight is 827 g/mol. The molecule has 1 aliphatic carbocycles. The number of anilines is 2. The molecule has 10 nitrogen and oxygen atoms in total. The molecule has 1 aromatic heterocycles. The lowest BCUT2D eigenvalue weighted by Crippen LogP contribution is -2.53. The fraction of sp³-hybridized carbons (Fsp3) is 0.240. The molecule has 1 spiro atoms. The maximum absolute atomic E-state index is 15.6. The Kier molecular flexibility index (Phi) is 10.2. The van der Waals surface area contributed by atoms with Crippen LogP contribution in [-0.2, 0) is 24.5 Å². The monoisotopic (exact) mass is 826 g/mol. The molecule has 5 aromatic carbocycles. The van der Waals surface area contributed by atoms with Gasteiger partial charge in [-0.2, -0.15) is 0 Å². The van der Waals surface area contributed by atoms with Crippen molar-refractivity contribution in [1.82, 2.24) is 9.88 Å². The van der Waals surface area contributed by atoms with Gasteiger partial charge in [0.05, 0.1) is 34.8 Å². The molecule has 304 valence electrons. The molecule has 61 heavy (non-hydrogen) atoms. The Hall–Kier alpha value is -6.58. The lowest BCUT2D eigenvalue weighted by atomic mass is 9.65. The lowest BCUT2D eigenvalue weighted by molar-refractivity contribution is -0.177. The summed E-state index contributed by atoms with van der Waals surface area (Å²) in [4.78, 5) is 53.2. The summed E-state index contributed by atoms with van der Waals surface area (Å²) in [6.07, 6.45) is 5.47. The number of amides is 2. The van der Waals surface area contributed by atoms with Crippen LogP contribution in [0.1, 0.15) is 71.7 Å². The van der Waals surface area contributed by atoms with Crippen molar-refractivity contribution in [3.8, 4) is 17.6 Å². The Labute approximate surface area is 357 Å². The number of rotatable bonds is 8. The largest absolute Gasteiger partial charge is 0.491 e. The molecule has 6 atom stereocenters. The SMILES string of the molecule is O=C1O[C@H](c2ccccc2)[C@H](c2ccccc2)N2[C@H]1[C@@H](C(=O)Nc1nc3ccccc3s1)[C@]1(C(=O)Nc3ccc(C#CC4=CCCCC4)cc31)[C@H]2c1ccccc1OCCO. The van der Waals surface area contributed by atoms with Crippen molar-refractivity contribution < 1.29 is 29.0 Å². The number of cyclic esters (lactones) is 1. The summed E-state index contributed by atoms with van der Waals surface area (Å²) in [5, 5.41) is 16.6. The molecule has 0 unspecified atom stereocenters. The number of fused-ring (bicyclic) bond motifs is 4. The van der Waals surface area contributed by atoms with E-state index in [-0.39, 0.29) is 13.2 Å². The van der Waals surface area contributed by atoms with E-state index in [2.05, 4.69) is 28.6 Å². The summed E-state index contributed by atoms with van der Waals surface area (Å²) < 4.78 is 13.7. The number of morpholine rings is 1. The number of esters is 1. The van der Waals surface area contributed by atoms with Crippen LogP contribution in [0.4, 0.5) is 10.8 Å². The Morgan fingerprint density at radius 3 is 2.43 bits per heavy atom. The van der Waals surface area contributed by atoms with Crippen LogP contribution in [0.25, 0.3) is 10.2 Å². The number of hydrogen-bond donors (Lipinski definition) is 3. The molecule has 0 bridgehead atoms. The van der Waals surface area contributed by atoms with Crippen molar-refractivity contribution in [3.63, 3.8) is 0 Å². The number of aliphatic hydroxyl groups is 1. The van der Waals surface area contributed by atoms with Crippen molar-refractivity contribution in [1.29, 1.82) is 0 Å². The summed E-state index contributed by atoms with van der Waals surface area (Å²) in [7, 11) is 0. The van der Waals surface area contributed by atoms with E-state index in [1.54, 1.807) is 6.07 Å². The maximum Gasteiger partial charge on any atom is 0.324 e. The third kappa shape index (κ3) is 6.68. The fourth-order valence-corrected chi connectivity index (χ4v) is 10.7. The zero-order valence-corrected chi connectivity index (χ0v) is 33.9. The molecule has 2 fully saturated rings. The van der Waals surface area contributed by atoms with Gasteiger partial charge in [0.25, 0.3) is 0 Å². The molecule has 2 saturated heterocycles. The second-order valence-corrected chi connectivity index (χ2v) is 16.8. The van der Waals surface area contributed by atoms with E-state index in [9.17, 15) is 5.11 Å². The summed E-state index contributed by atoms with van der Waals surface area (Å²) in [6.45, 7) is -0.267. The minimum Gasteiger partial charge on any atom is -0.491 e. The number of carbonyl (C=O) groups is 3. The van der Waals surface area contributed by atoms with Gasteiger partial charge in [-0.05, 0) is 84.3 Å². The first kappa shape index (κ1) is 38.6. The van der Waals surface area contributed by atoms with E-state index in [1.165, 1.54) is 11.3 Å². The van der Waals surface area contributed by atoms with E-state index < -0.39 is 53.3 Å². The minimum atomic E-state index is -1.75. The summed E-state index contributed by atoms with van der Waals surface area (Å²) >= 11 is 1.32. The van der Waals surface area contributed by atoms with Crippen LogP contribution in [0.3, 0.4) is 0 Å². The molecule has 0 saturated carbocycles. The van der Waals surface area contributed by atoms with Gasteiger partial charge in [-0.1, -0.05) is 120 Å². The number of carbonyl (C=O) groups excluding carboxylic acids is 3. The molecule has 0 radical (unpaired) electrons. The normalized spacial score (nSPS) is 24.2. The number of aliphatic hydroxyl groups excluding tert-OH is 1. The number of benzene rings is 5. The molecular weight excluding hydrogens is 785 g/mol. The number of nitrogens with zero attached hydrogens (tertiary/aromatic N) is 2. The Balaban J connectivity index is 1.25. The number of nitrogens with one attached hydrogen (secondary N) is 2. The smallest absolute Gasteiger partial charge is 0.324 e. The zero-order valence-electron chi connectivity index (χ0n) is 33.1. The molecule has 4 aliphatic rings. The first-order valence-corrected chi connectivity index (χ1v) is 21.5. The second kappa shape index (κ2) is 16.1. The van der Waals surface area contributed by atoms with E-state index in [0.717, 1.165) is 47.1 Å². The van der Waals surface area contributed by atoms with Gasteiger partial charge in [0.15, 0.2) is 5.13 Å². The molecule has 11 heteroatoms. The van der Waals surface area contributed by atoms with Crippen molar-refractivity contribution >= 4 is 50.2 Å². The maximum atomic E-state index is 15.6. The molecular formula is C50H42N4O6S. The Morgan fingerprint density at radius 2 is 1.66 bits per heavy atom. The molecule has 10 rings (SSSR count). The van der Waals surface area contributed by atoms with E-state index in [0.29, 0.717) is 38.8 Å². The van der Waals surface area contributed by atoms with E-state index >= 15 is 14.4 Å². The highest BCUT2D eigenvalue weighted by Crippen LogP contribution is 2.65. The topological polar surface area (TPSA) is 130 Å². The van der Waals surface area contributed by atoms with Crippen molar-refractivity contribution in [2.24, 2.45) is 5.92 Å². The van der Waals surface area contributed by atoms with Crippen LogP contribution in [0.5, 0.6) is 5.75 Å². The molecule has 3 N–H and O–H groups in total. The lowest BCUT2D eigenvalue weighted by Gasteiger charge is -2.46. The van der Waals surface area contributed by atoms with Crippen LogP contribution in [0, 0.1) is 17.8 Å². The predicted molar refractivity (Wildman–Crippen MR) is 234 cm³/mol. The second-order valence-electron chi connectivity index (χ2n) is 15.8. The van der Waals surface area contributed by atoms with Gasteiger partial charge >= 0.3 is 5.97 Å². The summed E-state index contributed by atoms with van der Waals surface area (Å²) in [5.41, 5.74) is 3.93. The van der Waals surface area contributed by atoms with Crippen molar-refractivity contribution in [2.75, 3.05) is 23.8 Å². The van der Waals surface area contributed by atoms with Gasteiger partial charge in [-0.3, -0.25) is 19.3 Å². The van der Waals surface area contributed by atoms with E-state index in [1.807, 2.05) is 126 Å². The first-order chi connectivity index (χ1) is 29.9. The minimum absolute atomic E-state index is 0.0170. The number of allylic oxidation sites excluding steroid dienone is 2. The van der Waals surface area contributed by atoms with Gasteiger partial charge in [-0.15, -0.1) is 0 Å². The van der Waals surface area contributed by atoms with Gasteiger partial charge in [0.2, 0.25) is 11.8 Å². The first-order valence-electron chi connectivity index (χ1n) is 20.7. The number of para-hydroxylation sites is 2. The van der Waals surface area contributed by atoms with Gasteiger partial charge in [-0.25, -0.2) is 4.98 Å². The number of ether oxygens (including phenoxy) is 2. The van der Waals surface area contributed by atoms with Crippen LogP contribution in [0.15, 0.2) is 139 Å². The highest BCUT2D eigenvalue weighted by Gasteiger charge is 2.74. The summed E-state index contributed by atoms with van der Waals surface area (Å²) in [5.74, 6) is 4.17. The van der Waals surface area contributed by atoms with Crippen LogP contribution >= 0.6 is 11.3 Å². The van der Waals surface area contributed by atoms with Crippen LogP contribution in [0.2, 0.25) is 0 Å². The Morgan fingerprint density at radius 1 is 0.902 bits per heavy atom. The van der Waals surface area contributed by atoms with Crippen LogP contribution < -0.4 is 15.4 Å². The highest BCUT2D eigenvalue weighted by molar-refractivity contribution is 7.22. The standard InChI is InChI=1S/C50H42N4O6S/c55-28-29-59-39-22-12-10-20-35(39)45-50(36-30-32(26-27-37(36)51-48(50)58)25-24-31-14-4-1-5-15-31)41(46(56)53-49-52-38-21-11-13-23-40(38)61-49)43-47(57)60-44(34-18-8-3-9-19-34)42(54(43)45)33-16-6-2-7-17-33/h2-3,6-14,16-23,26-27,30,41-45,55H,1,4-5,15,28-29H2,(H,51,58)(H,52,53,56)/t41-,42-,43-,44+,45+,50-/m0/s1. The summed E-state index contributed by atoms with van der Waals surface area (Å²) in [6, 6.07) is 37.0. The number of thiazole rings is 1. The predicted octanol–water partition coefficient (Wildman–Crippen LogP) is 8.43. The molecule has 3 aliphatic heterocycles. The molecule has 4 heterocycles. The molecule has 6 aromatic rings. The van der Waals surface area contributed by atoms with E-state index in [4.69, 9.17) is 14.5 Å². The average Bonchev–Trinajstić information content (AvgIpc) is 3.95. The van der Waals surface area contributed by atoms with Gasteiger partial charge in [0.1, 0.15) is 29.9 Å². The van der Waals surface area contributed by atoms with Gasteiger partial charge < -0.3 is 25.2 Å². The quantitative estimate of drug-likeness (QED) is 0.103. The fourth-order valence-electron chi connectivity index (χ4n) is 9.85. The number of hydrogen-bond acceptors (Lipinski definition) is 9. The molecule has 2 amide bonds. The highest BCUT2D eigenvalue weighted by atomic mass is 32.1. The number of aromatic nitrogens is 1. The third-order valence-corrected chi connectivity index (χ3v) is 13.3. The third-order valence-electron chi connectivity index (χ3n) is 12.3. The van der Waals surface area contributed by atoms with Crippen molar-refractivity contribution in [2.45, 2.75) is 55.3 Å².